The highest BCUT2D eigenvalue weighted by atomic mass is 79.9. The minimum atomic E-state index is -0.0995. The van der Waals surface area contributed by atoms with Crippen molar-refractivity contribution in [3.8, 4) is 0 Å². The molecule has 2 N–H and O–H groups in total. The van der Waals surface area contributed by atoms with E-state index in [2.05, 4.69) is 45.6 Å². The van der Waals surface area contributed by atoms with E-state index < -0.39 is 0 Å². The normalized spacial score (nSPS) is 34.2. The summed E-state index contributed by atoms with van der Waals surface area (Å²) < 4.78 is 1.04. The van der Waals surface area contributed by atoms with Crippen molar-refractivity contribution >= 4 is 33.6 Å². The molecule has 0 spiro atoms. The third kappa shape index (κ3) is 2.53. The molecule has 1 aromatic carbocycles. The van der Waals surface area contributed by atoms with Gasteiger partial charge in [0.05, 0.1) is 11.3 Å². The SMILES string of the molecule is CC1CCC2=C(C1)SC1NC(c3cccc(Br)c3)NC(=O)C21. The molecule has 0 radical (unpaired) electrons. The van der Waals surface area contributed by atoms with E-state index in [1.54, 1.807) is 0 Å². The van der Waals surface area contributed by atoms with Crippen LogP contribution in [-0.2, 0) is 4.79 Å². The van der Waals surface area contributed by atoms with E-state index in [0.29, 0.717) is 0 Å². The van der Waals surface area contributed by atoms with Gasteiger partial charge in [-0.1, -0.05) is 35.0 Å². The van der Waals surface area contributed by atoms with Gasteiger partial charge in [0.2, 0.25) is 5.91 Å². The molecule has 3 aliphatic rings. The van der Waals surface area contributed by atoms with Crippen molar-refractivity contribution in [2.75, 3.05) is 0 Å². The third-order valence-electron chi connectivity index (χ3n) is 4.83. The molecule has 0 aromatic heterocycles. The summed E-state index contributed by atoms with van der Waals surface area (Å²) in [6, 6.07) is 8.13. The molecule has 0 saturated carbocycles. The molecule has 1 fully saturated rings. The lowest BCUT2D eigenvalue weighted by Gasteiger charge is -2.35. The predicted molar refractivity (Wildman–Crippen MR) is 93.1 cm³/mol. The summed E-state index contributed by atoms with van der Waals surface area (Å²) >= 11 is 5.39. The second-order valence-electron chi connectivity index (χ2n) is 6.48. The van der Waals surface area contributed by atoms with Crippen LogP contribution in [0.15, 0.2) is 39.2 Å². The number of rotatable bonds is 1. The van der Waals surface area contributed by atoms with Crippen molar-refractivity contribution in [1.29, 1.82) is 0 Å². The average Bonchev–Trinajstić information content (AvgIpc) is 2.84. The summed E-state index contributed by atoms with van der Waals surface area (Å²) in [5.74, 6) is 0.951. The molecule has 1 aromatic rings. The van der Waals surface area contributed by atoms with Crippen LogP contribution < -0.4 is 10.6 Å². The van der Waals surface area contributed by atoms with E-state index in [0.717, 1.165) is 28.8 Å². The lowest BCUT2D eigenvalue weighted by Crippen LogP contribution is -2.54. The number of nitrogens with one attached hydrogen (secondary N) is 2. The van der Waals surface area contributed by atoms with Crippen molar-refractivity contribution in [2.45, 2.75) is 37.7 Å². The van der Waals surface area contributed by atoms with Gasteiger partial charge in [-0.15, -0.1) is 11.8 Å². The van der Waals surface area contributed by atoms with Gasteiger partial charge in [-0.25, -0.2) is 0 Å². The zero-order chi connectivity index (χ0) is 15.3. The molecule has 22 heavy (non-hydrogen) atoms. The van der Waals surface area contributed by atoms with Crippen LogP contribution in [0.5, 0.6) is 0 Å². The van der Waals surface area contributed by atoms with Crippen molar-refractivity contribution in [2.24, 2.45) is 11.8 Å². The quantitative estimate of drug-likeness (QED) is 0.777. The number of hydrogen-bond acceptors (Lipinski definition) is 3. The van der Waals surface area contributed by atoms with Crippen LogP contribution in [0.2, 0.25) is 0 Å². The van der Waals surface area contributed by atoms with E-state index in [1.165, 1.54) is 16.9 Å². The average molecular weight is 379 g/mol. The molecule has 116 valence electrons. The van der Waals surface area contributed by atoms with Crippen LogP contribution in [-0.4, -0.2) is 11.3 Å². The summed E-state index contributed by atoms with van der Waals surface area (Å²) in [7, 11) is 0. The van der Waals surface area contributed by atoms with Crippen LogP contribution in [0.4, 0.5) is 0 Å². The van der Waals surface area contributed by atoms with Gasteiger partial charge < -0.3 is 5.32 Å². The standard InChI is InChI=1S/C17H19BrN2OS/c1-9-5-6-12-13(7-9)22-17-14(12)16(21)19-15(20-17)10-3-2-4-11(18)8-10/h2-4,8-9,14-15,17,20H,5-7H2,1H3,(H,19,21). The zero-order valence-corrected chi connectivity index (χ0v) is 14.8. The number of carbonyl (C=O) groups excluding carboxylic acids is 1. The van der Waals surface area contributed by atoms with Gasteiger partial charge in [-0.2, -0.15) is 0 Å². The molecule has 3 nitrogen and oxygen atoms in total. The number of thioether (sulfide) groups is 1. The maximum Gasteiger partial charge on any atom is 0.231 e. The second kappa shape index (κ2) is 5.69. The molecule has 1 amide bonds. The molecule has 4 atom stereocenters. The van der Waals surface area contributed by atoms with Gasteiger partial charge in [0, 0.05) is 4.47 Å². The van der Waals surface area contributed by atoms with E-state index >= 15 is 0 Å². The first kappa shape index (κ1) is 14.8. The molecular weight excluding hydrogens is 360 g/mol. The third-order valence-corrected chi connectivity index (χ3v) is 6.70. The fourth-order valence-electron chi connectivity index (χ4n) is 3.68. The maximum atomic E-state index is 12.7. The minimum absolute atomic E-state index is 0.0240. The van der Waals surface area contributed by atoms with E-state index in [-0.39, 0.29) is 23.4 Å². The summed E-state index contributed by atoms with van der Waals surface area (Å²) in [6.07, 6.45) is 3.34. The first-order valence-corrected chi connectivity index (χ1v) is 9.49. The van der Waals surface area contributed by atoms with Crippen molar-refractivity contribution in [3.05, 3.63) is 44.8 Å². The Bertz CT molecular complexity index is 660. The van der Waals surface area contributed by atoms with Gasteiger partial charge in [-0.3, -0.25) is 10.1 Å². The van der Waals surface area contributed by atoms with Crippen LogP contribution in [0, 0.1) is 11.8 Å². The molecule has 2 heterocycles. The monoisotopic (exact) mass is 378 g/mol. The molecular formula is C17H19BrN2OS. The second-order valence-corrected chi connectivity index (χ2v) is 8.63. The number of hydrogen-bond donors (Lipinski definition) is 2. The Morgan fingerprint density at radius 2 is 2.23 bits per heavy atom. The van der Waals surface area contributed by atoms with E-state index in [9.17, 15) is 4.79 Å². The fraction of sp³-hybridized carbons (Fsp3) is 0.471. The number of fused-ring (bicyclic) bond motifs is 2. The Morgan fingerprint density at radius 1 is 1.36 bits per heavy atom. The van der Waals surface area contributed by atoms with Gasteiger partial charge >= 0.3 is 0 Å². The van der Waals surface area contributed by atoms with Gasteiger partial charge in [0.25, 0.3) is 0 Å². The number of amides is 1. The summed E-state index contributed by atoms with van der Waals surface area (Å²) in [5.41, 5.74) is 2.49. The van der Waals surface area contributed by atoms with E-state index in [1.807, 2.05) is 23.9 Å². The molecule has 4 rings (SSSR count). The van der Waals surface area contributed by atoms with Gasteiger partial charge in [0.15, 0.2) is 0 Å². The van der Waals surface area contributed by atoms with Crippen LogP contribution in [0.25, 0.3) is 0 Å². The van der Waals surface area contributed by atoms with Crippen molar-refractivity contribution in [1.82, 2.24) is 10.6 Å². The topological polar surface area (TPSA) is 41.1 Å². The largest absolute Gasteiger partial charge is 0.336 e. The highest BCUT2D eigenvalue weighted by molar-refractivity contribution is 9.10. The summed E-state index contributed by atoms with van der Waals surface area (Å²) in [5, 5.41) is 6.97. The lowest BCUT2D eigenvalue weighted by atomic mass is 9.83. The Kier molecular flexibility index (Phi) is 3.83. The highest BCUT2D eigenvalue weighted by Gasteiger charge is 2.45. The zero-order valence-electron chi connectivity index (χ0n) is 12.4. The van der Waals surface area contributed by atoms with Crippen LogP contribution >= 0.6 is 27.7 Å². The molecule has 0 bridgehead atoms. The predicted octanol–water partition coefficient (Wildman–Crippen LogP) is 3.93. The molecule has 4 unspecified atom stereocenters. The molecule has 2 aliphatic heterocycles. The maximum absolute atomic E-state index is 12.7. The van der Waals surface area contributed by atoms with E-state index in [4.69, 9.17) is 0 Å². The first-order valence-electron chi connectivity index (χ1n) is 7.82. The Morgan fingerprint density at radius 3 is 3.05 bits per heavy atom. The molecule has 1 aliphatic carbocycles. The summed E-state index contributed by atoms with van der Waals surface area (Å²) in [6.45, 7) is 2.31. The summed E-state index contributed by atoms with van der Waals surface area (Å²) in [4.78, 5) is 14.1. The van der Waals surface area contributed by atoms with Crippen LogP contribution in [0.1, 0.15) is 37.9 Å². The van der Waals surface area contributed by atoms with Gasteiger partial charge in [0.1, 0.15) is 6.17 Å². The molecule has 5 heteroatoms. The highest BCUT2D eigenvalue weighted by Crippen LogP contribution is 2.50. The minimum Gasteiger partial charge on any atom is -0.336 e. The Hall–Kier alpha value is -0.780. The fourth-order valence-corrected chi connectivity index (χ4v) is 5.79. The Balaban J connectivity index is 1.58. The van der Waals surface area contributed by atoms with Gasteiger partial charge in [-0.05, 0) is 53.4 Å². The smallest absolute Gasteiger partial charge is 0.231 e. The number of halogens is 1. The van der Waals surface area contributed by atoms with Crippen LogP contribution in [0.3, 0.4) is 0 Å². The van der Waals surface area contributed by atoms with Crippen molar-refractivity contribution < 1.29 is 4.79 Å². The Labute approximate surface area is 143 Å². The number of allylic oxidation sites excluding steroid dienone is 1. The van der Waals surface area contributed by atoms with Crippen molar-refractivity contribution in [3.63, 3.8) is 0 Å². The molecule has 1 saturated heterocycles. The number of carbonyl (C=O) groups is 1. The lowest BCUT2D eigenvalue weighted by molar-refractivity contribution is -0.127. The number of benzene rings is 1. The first-order chi connectivity index (χ1) is 10.6.